The molecule has 0 aliphatic carbocycles. The van der Waals surface area contributed by atoms with Crippen molar-refractivity contribution in [2.75, 3.05) is 6.79 Å². The van der Waals surface area contributed by atoms with Crippen LogP contribution in [-0.2, 0) is 0 Å². The molecule has 0 N–H and O–H groups in total. The molecule has 1 aliphatic heterocycles. The van der Waals surface area contributed by atoms with Crippen molar-refractivity contribution in [1.82, 2.24) is 5.16 Å². The van der Waals surface area contributed by atoms with Crippen molar-refractivity contribution >= 4 is 0 Å². The van der Waals surface area contributed by atoms with Gasteiger partial charge in [0.2, 0.25) is 6.79 Å². The number of benzene rings is 1. The van der Waals surface area contributed by atoms with Crippen molar-refractivity contribution in [3.8, 4) is 28.8 Å². The first-order valence-electron chi connectivity index (χ1n) is 4.63. The summed E-state index contributed by atoms with van der Waals surface area (Å²) in [6, 6.07) is 7.39. The molecule has 5 nitrogen and oxygen atoms in total. The van der Waals surface area contributed by atoms with E-state index in [2.05, 4.69) is 5.16 Å². The Morgan fingerprint density at radius 3 is 3.00 bits per heavy atom. The van der Waals surface area contributed by atoms with Crippen LogP contribution in [0.1, 0.15) is 5.56 Å². The first kappa shape index (κ1) is 8.80. The number of hydrogen-bond donors (Lipinski definition) is 0. The summed E-state index contributed by atoms with van der Waals surface area (Å²) in [5.41, 5.74) is 1.69. The summed E-state index contributed by atoms with van der Waals surface area (Å²) >= 11 is 0. The fraction of sp³-hybridized carbons (Fsp3) is 0.0909. The van der Waals surface area contributed by atoms with Crippen molar-refractivity contribution in [3.05, 3.63) is 30.0 Å². The summed E-state index contributed by atoms with van der Waals surface area (Å²) in [6.45, 7) is 0.225. The molecule has 0 unspecified atom stereocenters. The third kappa shape index (κ3) is 1.21. The van der Waals surface area contributed by atoms with Crippen molar-refractivity contribution in [2.45, 2.75) is 0 Å². The van der Waals surface area contributed by atoms with Gasteiger partial charge in [0.15, 0.2) is 11.5 Å². The van der Waals surface area contributed by atoms with Gasteiger partial charge in [0, 0.05) is 5.56 Å². The van der Waals surface area contributed by atoms with Gasteiger partial charge in [-0.15, -0.1) is 0 Å². The Labute approximate surface area is 90.8 Å². The maximum Gasteiger partial charge on any atom is 0.231 e. The fourth-order valence-corrected chi connectivity index (χ4v) is 1.57. The molecular weight excluding hydrogens is 208 g/mol. The zero-order chi connectivity index (χ0) is 11.0. The minimum atomic E-state index is 0.225. The van der Waals surface area contributed by atoms with Crippen LogP contribution in [0.15, 0.2) is 29.0 Å². The second-order valence-corrected chi connectivity index (χ2v) is 3.26. The van der Waals surface area contributed by atoms with E-state index in [4.69, 9.17) is 19.3 Å². The normalized spacial score (nSPS) is 12.4. The van der Waals surface area contributed by atoms with E-state index < -0.39 is 0 Å². The molecule has 1 aromatic heterocycles. The Hall–Kier alpha value is -2.48. The van der Waals surface area contributed by atoms with Crippen LogP contribution in [0.25, 0.3) is 11.3 Å². The summed E-state index contributed by atoms with van der Waals surface area (Å²) in [4.78, 5) is 0. The molecule has 0 saturated heterocycles. The second kappa shape index (κ2) is 3.28. The maximum atomic E-state index is 8.86. The molecule has 3 rings (SSSR count). The predicted molar refractivity (Wildman–Crippen MR) is 52.8 cm³/mol. The quantitative estimate of drug-likeness (QED) is 0.725. The average Bonchev–Trinajstić information content (AvgIpc) is 2.96. The van der Waals surface area contributed by atoms with Gasteiger partial charge in [0.05, 0.1) is 0 Å². The molecule has 0 amide bonds. The number of aromatic nitrogens is 1. The van der Waals surface area contributed by atoms with Crippen LogP contribution >= 0.6 is 0 Å². The van der Waals surface area contributed by atoms with Crippen LogP contribution in [-0.4, -0.2) is 11.9 Å². The molecule has 1 aliphatic rings. The molecule has 78 valence electrons. The lowest BCUT2D eigenvalue weighted by atomic mass is 10.1. The largest absolute Gasteiger partial charge is 0.454 e. The lowest BCUT2D eigenvalue weighted by molar-refractivity contribution is 0.174. The molecule has 1 aromatic carbocycles. The maximum absolute atomic E-state index is 8.86. The highest BCUT2D eigenvalue weighted by atomic mass is 16.7. The van der Waals surface area contributed by atoms with Crippen LogP contribution in [0.4, 0.5) is 0 Å². The number of rotatable bonds is 1. The number of hydrogen-bond acceptors (Lipinski definition) is 5. The molecular formula is C11H6N2O3. The van der Waals surface area contributed by atoms with E-state index in [1.807, 2.05) is 12.1 Å². The first-order chi connectivity index (χ1) is 7.88. The van der Waals surface area contributed by atoms with Crippen molar-refractivity contribution in [2.24, 2.45) is 0 Å². The van der Waals surface area contributed by atoms with Crippen molar-refractivity contribution in [1.29, 1.82) is 5.26 Å². The Balaban J connectivity index is 2.11. The fourth-order valence-electron chi connectivity index (χ4n) is 1.57. The second-order valence-electron chi connectivity index (χ2n) is 3.26. The zero-order valence-electron chi connectivity index (χ0n) is 8.14. The van der Waals surface area contributed by atoms with Gasteiger partial charge in [0.25, 0.3) is 0 Å². The summed E-state index contributed by atoms with van der Waals surface area (Å²) in [5, 5.41) is 12.6. The summed E-state index contributed by atoms with van der Waals surface area (Å²) < 4.78 is 15.2. The third-order valence-electron chi connectivity index (χ3n) is 2.34. The molecule has 0 atom stereocenters. The summed E-state index contributed by atoms with van der Waals surface area (Å²) in [5.74, 6) is 1.36. The number of nitriles is 1. The van der Waals surface area contributed by atoms with Crippen molar-refractivity contribution in [3.63, 3.8) is 0 Å². The monoisotopic (exact) mass is 214 g/mol. The smallest absolute Gasteiger partial charge is 0.231 e. The van der Waals surface area contributed by atoms with E-state index in [0.29, 0.717) is 22.8 Å². The highest BCUT2D eigenvalue weighted by Crippen LogP contribution is 2.36. The van der Waals surface area contributed by atoms with Crippen LogP contribution in [0.2, 0.25) is 0 Å². The molecule has 16 heavy (non-hydrogen) atoms. The van der Waals surface area contributed by atoms with E-state index in [-0.39, 0.29) is 6.79 Å². The minimum absolute atomic E-state index is 0.225. The van der Waals surface area contributed by atoms with Gasteiger partial charge in [-0.3, -0.25) is 0 Å². The Morgan fingerprint density at radius 2 is 2.12 bits per heavy atom. The van der Waals surface area contributed by atoms with Crippen LogP contribution in [0, 0.1) is 11.3 Å². The molecule has 0 radical (unpaired) electrons. The first-order valence-corrected chi connectivity index (χ1v) is 4.63. The minimum Gasteiger partial charge on any atom is -0.454 e. The van der Waals surface area contributed by atoms with E-state index in [0.717, 1.165) is 5.56 Å². The van der Waals surface area contributed by atoms with Crippen LogP contribution < -0.4 is 9.47 Å². The topological polar surface area (TPSA) is 68.3 Å². The van der Waals surface area contributed by atoms with Gasteiger partial charge < -0.3 is 14.0 Å². The molecule has 0 spiro atoms. The Bertz CT molecular complexity index is 583. The molecule has 0 bridgehead atoms. The van der Waals surface area contributed by atoms with Gasteiger partial charge in [0.1, 0.15) is 23.6 Å². The van der Waals surface area contributed by atoms with E-state index in [9.17, 15) is 0 Å². The van der Waals surface area contributed by atoms with Crippen LogP contribution in [0.5, 0.6) is 11.5 Å². The molecule has 0 saturated carbocycles. The molecule has 5 heteroatoms. The van der Waals surface area contributed by atoms with E-state index in [1.165, 1.54) is 6.26 Å². The molecule has 0 fully saturated rings. The van der Waals surface area contributed by atoms with Gasteiger partial charge >= 0.3 is 0 Å². The van der Waals surface area contributed by atoms with E-state index >= 15 is 0 Å². The van der Waals surface area contributed by atoms with Crippen LogP contribution in [0.3, 0.4) is 0 Å². The summed E-state index contributed by atoms with van der Waals surface area (Å²) in [7, 11) is 0. The van der Waals surface area contributed by atoms with Gasteiger partial charge in [-0.2, -0.15) is 5.26 Å². The number of fused-ring (bicyclic) bond motifs is 1. The lowest BCUT2D eigenvalue weighted by Gasteiger charge is -1.99. The summed E-state index contributed by atoms with van der Waals surface area (Å²) in [6.07, 6.45) is 1.32. The average molecular weight is 214 g/mol. The van der Waals surface area contributed by atoms with Gasteiger partial charge in [-0.1, -0.05) is 5.16 Å². The van der Waals surface area contributed by atoms with Gasteiger partial charge in [-0.05, 0) is 18.2 Å². The molecule has 2 heterocycles. The SMILES string of the molecule is N#Cc1conc1-c1ccc2c(c1)OCO2. The Morgan fingerprint density at radius 1 is 1.25 bits per heavy atom. The molecule has 2 aromatic rings. The highest BCUT2D eigenvalue weighted by Gasteiger charge is 2.16. The predicted octanol–water partition coefficient (Wildman–Crippen LogP) is 1.94. The standard InChI is InChI=1S/C11H6N2O3/c12-4-8-5-16-13-11(8)7-1-2-9-10(3-7)15-6-14-9/h1-3,5H,6H2. The lowest BCUT2D eigenvalue weighted by Crippen LogP contribution is -1.92. The van der Waals surface area contributed by atoms with Gasteiger partial charge in [-0.25, -0.2) is 0 Å². The third-order valence-corrected chi connectivity index (χ3v) is 2.34. The zero-order valence-corrected chi connectivity index (χ0v) is 8.14. The van der Waals surface area contributed by atoms with E-state index in [1.54, 1.807) is 12.1 Å². The number of nitrogens with zero attached hydrogens (tertiary/aromatic N) is 2. The highest BCUT2D eigenvalue weighted by molar-refractivity contribution is 5.68. The Kier molecular flexibility index (Phi) is 1.80. The van der Waals surface area contributed by atoms with Crippen molar-refractivity contribution < 1.29 is 14.0 Å². The number of ether oxygens (including phenoxy) is 2.